The fraction of sp³-hybridized carbons (Fsp3) is 0.526. The number of carbonyl (C=O) groups is 3. The minimum atomic E-state index is -0.0989. The number of rotatable bonds is 5. The number of aryl methyl sites for hydroxylation is 1. The quantitative estimate of drug-likeness (QED) is 0.837. The number of nitrogens with one attached hydrogen (secondary N) is 2. The molecule has 26 heavy (non-hydrogen) atoms. The number of piperidine rings is 1. The van der Waals surface area contributed by atoms with Crippen molar-refractivity contribution >= 4 is 29.1 Å². The van der Waals surface area contributed by atoms with Crippen molar-refractivity contribution in [2.24, 2.45) is 5.92 Å². The van der Waals surface area contributed by atoms with Crippen molar-refractivity contribution in [3.63, 3.8) is 0 Å². The molecular weight excluding hydrogens is 332 g/mol. The van der Waals surface area contributed by atoms with Crippen LogP contribution in [-0.2, 0) is 14.4 Å². The Hall–Kier alpha value is -2.41. The van der Waals surface area contributed by atoms with Crippen LogP contribution in [0.3, 0.4) is 0 Å². The van der Waals surface area contributed by atoms with Crippen molar-refractivity contribution in [2.45, 2.75) is 26.7 Å². The third-order valence-corrected chi connectivity index (χ3v) is 4.55. The molecule has 0 aromatic heterocycles. The molecule has 7 nitrogen and oxygen atoms in total. The first kappa shape index (κ1) is 19.9. The number of nitrogens with zero attached hydrogens (tertiary/aromatic N) is 2. The Morgan fingerprint density at radius 1 is 1.15 bits per heavy atom. The number of likely N-dealkylation sites (tertiary alicyclic amines) is 1. The third-order valence-electron chi connectivity index (χ3n) is 4.55. The van der Waals surface area contributed by atoms with Crippen molar-refractivity contribution in [2.75, 3.05) is 44.4 Å². The van der Waals surface area contributed by atoms with Gasteiger partial charge in [-0.25, -0.2) is 0 Å². The smallest absolute Gasteiger partial charge is 0.238 e. The molecule has 1 saturated heterocycles. The number of benzene rings is 1. The largest absolute Gasteiger partial charge is 0.343 e. The SMILES string of the molecule is CC(=O)N1CCC(C(=O)Nc2ccc(C)c(NC(=O)CN(C)C)c2)CC1. The second-order valence-corrected chi connectivity index (χ2v) is 7.09. The van der Waals surface area contributed by atoms with Crippen LogP contribution >= 0.6 is 0 Å². The van der Waals surface area contributed by atoms with Crippen LogP contribution in [0.25, 0.3) is 0 Å². The lowest BCUT2D eigenvalue weighted by Crippen LogP contribution is -2.40. The molecule has 0 saturated carbocycles. The van der Waals surface area contributed by atoms with Gasteiger partial charge in [0.15, 0.2) is 0 Å². The Morgan fingerprint density at radius 3 is 2.38 bits per heavy atom. The Morgan fingerprint density at radius 2 is 1.81 bits per heavy atom. The predicted molar refractivity (Wildman–Crippen MR) is 102 cm³/mol. The summed E-state index contributed by atoms with van der Waals surface area (Å²) in [6.07, 6.45) is 1.34. The molecule has 0 atom stereocenters. The van der Waals surface area contributed by atoms with E-state index in [4.69, 9.17) is 0 Å². The highest BCUT2D eigenvalue weighted by atomic mass is 16.2. The first-order valence-corrected chi connectivity index (χ1v) is 8.88. The Balaban J connectivity index is 1.97. The van der Waals surface area contributed by atoms with Gasteiger partial charge in [-0.05, 0) is 51.6 Å². The highest BCUT2D eigenvalue weighted by Crippen LogP contribution is 2.23. The maximum absolute atomic E-state index is 12.5. The van der Waals surface area contributed by atoms with Gasteiger partial charge in [-0.3, -0.25) is 14.4 Å². The summed E-state index contributed by atoms with van der Waals surface area (Å²) in [5.41, 5.74) is 2.29. The van der Waals surface area contributed by atoms with Gasteiger partial charge in [0, 0.05) is 37.3 Å². The molecule has 7 heteroatoms. The molecule has 3 amide bonds. The lowest BCUT2D eigenvalue weighted by Gasteiger charge is -2.30. The van der Waals surface area contributed by atoms with Crippen LogP contribution in [0.15, 0.2) is 18.2 Å². The van der Waals surface area contributed by atoms with E-state index in [0.717, 1.165) is 5.56 Å². The fourth-order valence-electron chi connectivity index (χ4n) is 3.01. The normalized spacial score (nSPS) is 15.0. The molecule has 0 radical (unpaired) electrons. The zero-order valence-corrected chi connectivity index (χ0v) is 16.0. The minimum Gasteiger partial charge on any atom is -0.343 e. The predicted octanol–water partition coefficient (Wildman–Crippen LogP) is 1.69. The average molecular weight is 360 g/mol. The van der Waals surface area contributed by atoms with Gasteiger partial charge in [-0.15, -0.1) is 0 Å². The van der Waals surface area contributed by atoms with Crippen molar-refractivity contribution in [1.29, 1.82) is 0 Å². The van der Waals surface area contributed by atoms with Gasteiger partial charge in [0.2, 0.25) is 17.7 Å². The summed E-state index contributed by atoms with van der Waals surface area (Å²) in [6, 6.07) is 5.49. The summed E-state index contributed by atoms with van der Waals surface area (Å²) in [6.45, 7) is 5.00. The van der Waals surface area contributed by atoms with Gasteiger partial charge in [0.1, 0.15) is 0 Å². The lowest BCUT2D eigenvalue weighted by atomic mass is 9.95. The Bertz CT molecular complexity index is 679. The molecule has 0 bridgehead atoms. The van der Waals surface area contributed by atoms with Crippen LogP contribution in [-0.4, -0.2) is 61.3 Å². The van der Waals surface area contributed by atoms with E-state index in [-0.39, 0.29) is 23.6 Å². The average Bonchev–Trinajstić information content (AvgIpc) is 2.57. The zero-order chi connectivity index (χ0) is 19.3. The monoisotopic (exact) mass is 360 g/mol. The van der Waals surface area contributed by atoms with Gasteiger partial charge in [0.05, 0.1) is 6.54 Å². The molecule has 1 aliphatic heterocycles. The maximum Gasteiger partial charge on any atom is 0.238 e. The summed E-state index contributed by atoms with van der Waals surface area (Å²) >= 11 is 0. The van der Waals surface area contributed by atoms with Crippen molar-refractivity contribution < 1.29 is 14.4 Å². The minimum absolute atomic E-state index is 0.0392. The number of hydrogen-bond acceptors (Lipinski definition) is 4. The van der Waals surface area contributed by atoms with E-state index in [1.54, 1.807) is 22.8 Å². The van der Waals surface area contributed by atoms with Crippen LogP contribution in [0.2, 0.25) is 0 Å². The van der Waals surface area contributed by atoms with E-state index >= 15 is 0 Å². The Labute approximate surface area is 154 Å². The molecule has 0 aliphatic carbocycles. The fourth-order valence-corrected chi connectivity index (χ4v) is 3.01. The summed E-state index contributed by atoms with van der Waals surface area (Å²) < 4.78 is 0. The van der Waals surface area contributed by atoms with E-state index in [9.17, 15) is 14.4 Å². The van der Waals surface area contributed by atoms with Crippen molar-refractivity contribution in [3.8, 4) is 0 Å². The van der Waals surface area contributed by atoms with Crippen LogP contribution in [0, 0.1) is 12.8 Å². The number of amides is 3. The second-order valence-electron chi connectivity index (χ2n) is 7.09. The molecule has 142 valence electrons. The maximum atomic E-state index is 12.5. The van der Waals surface area contributed by atoms with Gasteiger partial charge < -0.3 is 20.4 Å². The summed E-state index contributed by atoms with van der Waals surface area (Å²) in [5, 5.41) is 5.81. The number of hydrogen-bond donors (Lipinski definition) is 2. The second kappa shape index (κ2) is 8.80. The van der Waals surface area contributed by atoms with Crippen molar-refractivity contribution in [3.05, 3.63) is 23.8 Å². The van der Waals surface area contributed by atoms with Crippen LogP contribution in [0.1, 0.15) is 25.3 Å². The molecule has 0 unspecified atom stereocenters. The van der Waals surface area contributed by atoms with E-state index in [1.807, 2.05) is 33.2 Å². The molecule has 0 spiro atoms. The standard InChI is InChI=1S/C19H28N4O3/c1-13-5-6-16(11-17(13)21-18(25)12-22(3)4)20-19(26)15-7-9-23(10-8-15)14(2)24/h5-6,11,15H,7-10,12H2,1-4H3,(H,20,26)(H,21,25). The van der Waals surface area contributed by atoms with E-state index in [1.165, 1.54) is 0 Å². The van der Waals surface area contributed by atoms with Gasteiger partial charge in [0.25, 0.3) is 0 Å². The van der Waals surface area contributed by atoms with Crippen LogP contribution in [0.5, 0.6) is 0 Å². The van der Waals surface area contributed by atoms with E-state index in [2.05, 4.69) is 10.6 Å². The highest BCUT2D eigenvalue weighted by Gasteiger charge is 2.26. The molecule has 1 aliphatic rings. The molecule has 2 rings (SSSR count). The zero-order valence-electron chi connectivity index (χ0n) is 16.0. The first-order chi connectivity index (χ1) is 12.3. The van der Waals surface area contributed by atoms with Gasteiger partial charge >= 0.3 is 0 Å². The number of likely N-dealkylation sites (N-methyl/N-ethyl adjacent to an activating group) is 1. The number of carbonyl (C=O) groups excluding carboxylic acids is 3. The first-order valence-electron chi connectivity index (χ1n) is 8.88. The highest BCUT2D eigenvalue weighted by molar-refractivity contribution is 5.96. The summed E-state index contributed by atoms with van der Waals surface area (Å²) in [7, 11) is 3.67. The molecule has 1 heterocycles. The summed E-state index contributed by atoms with van der Waals surface area (Å²) in [5.74, 6) is -0.181. The van der Waals surface area contributed by atoms with Gasteiger partial charge in [-0.1, -0.05) is 6.07 Å². The van der Waals surface area contributed by atoms with E-state index in [0.29, 0.717) is 43.9 Å². The van der Waals surface area contributed by atoms with Gasteiger partial charge in [-0.2, -0.15) is 0 Å². The topological polar surface area (TPSA) is 81.8 Å². The van der Waals surface area contributed by atoms with Crippen LogP contribution in [0.4, 0.5) is 11.4 Å². The summed E-state index contributed by atoms with van der Waals surface area (Å²) in [4.78, 5) is 39.4. The molecular formula is C19H28N4O3. The third kappa shape index (κ3) is 5.56. The lowest BCUT2D eigenvalue weighted by molar-refractivity contribution is -0.132. The van der Waals surface area contributed by atoms with Crippen molar-refractivity contribution in [1.82, 2.24) is 9.80 Å². The van der Waals surface area contributed by atoms with E-state index < -0.39 is 0 Å². The molecule has 1 fully saturated rings. The Kier molecular flexibility index (Phi) is 6.74. The van der Waals surface area contributed by atoms with Crippen LogP contribution < -0.4 is 10.6 Å². The molecule has 1 aromatic carbocycles. The number of anilines is 2. The molecule has 1 aromatic rings. The molecule has 2 N–H and O–H groups in total.